The molecule has 0 atom stereocenters. The summed E-state index contributed by atoms with van der Waals surface area (Å²) in [5.74, 6) is 1.36. The van der Waals surface area contributed by atoms with Crippen LogP contribution >= 0.6 is 11.6 Å². The molecular formula is C19H21ClN6. The fourth-order valence-corrected chi connectivity index (χ4v) is 3.74. The third-order valence-corrected chi connectivity index (χ3v) is 5.24. The highest BCUT2D eigenvalue weighted by Crippen LogP contribution is 2.27. The Bertz CT molecular complexity index is 942. The third-order valence-electron chi connectivity index (χ3n) is 5.00. The number of hydrogen-bond donors (Lipinski definition) is 3. The van der Waals surface area contributed by atoms with Crippen LogP contribution in [0.2, 0.25) is 5.02 Å². The highest BCUT2D eigenvalue weighted by atomic mass is 35.5. The Kier molecular flexibility index (Phi) is 4.51. The van der Waals surface area contributed by atoms with Crippen LogP contribution in [0.1, 0.15) is 25.7 Å². The molecule has 3 aromatic rings. The lowest BCUT2D eigenvalue weighted by molar-refractivity contribution is 0.404. The highest BCUT2D eigenvalue weighted by molar-refractivity contribution is 6.30. The van der Waals surface area contributed by atoms with Crippen molar-refractivity contribution in [2.24, 2.45) is 11.7 Å². The van der Waals surface area contributed by atoms with E-state index in [1.807, 2.05) is 47.1 Å². The molecule has 1 fully saturated rings. The molecule has 0 spiro atoms. The lowest BCUT2D eigenvalue weighted by Gasteiger charge is -2.28. The van der Waals surface area contributed by atoms with Gasteiger partial charge in [-0.1, -0.05) is 23.7 Å². The Morgan fingerprint density at radius 3 is 2.73 bits per heavy atom. The number of anilines is 1. The van der Waals surface area contributed by atoms with Gasteiger partial charge in [0.2, 0.25) is 0 Å². The van der Waals surface area contributed by atoms with Crippen molar-refractivity contribution in [3.05, 3.63) is 47.6 Å². The monoisotopic (exact) mass is 368 g/mol. The van der Waals surface area contributed by atoms with E-state index in [1.165, 1.54) is 0 Å². The molecular weight excluding hydrogens is 348 g/mol. The largest absolute Gasteiger partial charge is 0.387 e. The molecule has 0 unspecified atom stereocenters. The maximum Gasteiger partial charge on any atom is 0.154 e. The first kappa shape index (κ1) is 16.8. The Morgan fingerprint density at radius 1 is 1.19 bits per heavy atom. The molecule has 0 aliphatic heterocycles. The van der Waals surface area contributed by atoms with E-state index < -0.39 is 0 Å². The van der Waals surface area contributed by atoms with Crippen LogP contribution in [0.25, 0.3) is 16.9 Å². The second-order valence-electron chi connectivity index (χ2n) is 6.79. The van der Waals surface area contributed by atoms with E-state index in [-0.39, 0.29) is 5.92 Å². The fourth-order valence-electron chi connectivity index (χ4n) is 3.55. The molecule has 4 rings (SSSR count). The normalized spacial score (nSPS) is 20.2. The number of nitrogens with two attached hydrogens (primary N) is 1. The van der Waals surface area contributed by atoms with E-state index in [0.29, 0.717) is 16.9 Å². The summed E-state index contributed by atoms with van der Waals surface area (Å²) in [6, 6.07) is 12.0. The zero-order chi connectivity index (χ0) is 18.1. The number of nitrogens with zero attached hydrogens (tertiary/aromatic N) is 3. The van der Waals surface area contributed by atoms with Gasteiger partial charge in [-0.3, -0.25) is 5.41 Å². The maximum absolute atomic E-state index is 7.59. The summed E-state index contributed by atoms with van der Waals surface area (Å²) in [6.45, 7) is 0. The Morgan fingerprint density at radius 2 is 2.00 bits per heavy atom. The number of fused-ring (bicyclic) bond motifs is 1. The molecule has 26 heavy (non-hydrogen) atoms. The molecule has 2 aromatic heterocycles. The lowest BCUT2D eigenvalue weighted by atomic mass is 9.85. The molecule has 4 N–H and O–H groups in total. The number of aromatic nitrogens is 3. The zero-order valence-electron chi connectivity index (χ0n) is 14.3. The average molecular weight is 369 g/mol. The molecule has 1 aliphatic rings. The number of imidazole rings is 1. The molecule has 0 bridgehead atoms. The molecule has 7 heteroatoms. The zero-order valence-corrected chi connectivity index (χ0v) is 15.1. The van der Waals surface area contributed by atoms with Gasteiger partial charge in [0.1, 0.15) is 5.82 Å². The second-order valence-corrected chi connectivity index (χ2v) is 7.23. The minimum atomic E-state index is 0.228. The minimum absolute atomic E-state index is 0.228. The smallest absolute Gasteiger partial charge is 0.154 e. The summed E-state index contributed by atoms with van der Waals surface area (Å²) in [7, 11) is 0. The molecule has 0 saturated heterocycles. The molecule has 0 amide bonds. The number of hydrogen-bond acceptors (Lipinski definition) is 4. The number of nitrogens with one attached hydrogen (secondary N) is 2. The van der Waals surface area contributed by atoms with Gasteiger partial charge in [-0.25, -0.2) is 9.50 Å². The quantitative estimate of drug-likeness (QED) is 0.480. The first-order valence-electron chi connectivity index (χ1n) is 8.81. The van der Waals surface area contributed by atoms with Gasteiger partial charge in [-0.15, -0.1) is 5.10 Å². The topological polar surface area (TPSA) is 92.1 Å². The number of rotatable bonds is 4. The lowest BCUT2D eigenvalue weighted by Crippen LogP contribution is -2.32. The van der Waals surface area contributed by atoms with Gasteiger partial charge in [-0.2, -0.15) is 0 Å². The van der Waals surface area contributed by atoms with Crippen molar-refractivity contribution in [2.75, 3.05) is 5.32 Å². The second kappa shape index (κ2) is 6.96. The van der Waals surface area contributed by atoms with Gasteiger partial charge >= 0.3 is 0 Å². The molecule has 0 radical (unpaired) electrons. The standard InChI is InChI=1S/C19H21ClN6/c20-14-3-1-2-13(10-14)16-11-23-18-9-8-17(25-26(16)18)24-15-6-4-12(5-7-15)19(21)22/h1-3,8-12,15H,4-7H2,(H3,21,22)(H,24,25)/t12-,15-. The summed E-state index contributed by atoms with van der Waals surface area (Å²) >= 11 is 6.12. The van der Waals surface area contributed by atoms with Crippen LogP contribution in [0.15, 0.2) is 42.6 Å². The van der Waals surface area contributed by atoms with Crippen LogP contribution in [-0.2, 0) is 0 Å². The fraction of sp³-hybridized carbons (Fsp3) is 0.316. The highest BCUT2D eigenvalue weighted by Gasteiger charge is 2.23. The molecule has 2 heterocycles. The van der Waals surface area contributed by atoms with Crippen LogP contribution < -0.4 is 11.1 Å². The van der Waals surface area contributed by atoms with Crippen molar-refractivity contribution in [1.29, 1.82) is 5.41 Å². The van der Waals surface area contributed by atoms with Gasteiger partial charge in [0, 0.05) is 22.5 Å². The van der Waals surface area contributed by atoms with E-state index in [1.54, 1.807) is 0 Å². The first-order chi connectivity index (χ1) is 12.6. The Hall–Kier alpha value is -2.60. The van der Waals surface area contributed by atoms with Crippen molar-refractivity contribution >= 4 is 28.9 Å². The van der Waals surface area contributed by atoms with Crippen LogP contribution in [0.3, 0.4) is 0 Å². The van der Waals surface area contributed by atoms with Crippen LogP contribution in [0.5, 0.6) is 0 Å². The third kappa shape index (κ3) is 3.37. The van der Waals surface area contributed by atoms with Crippen molar-refractivity contribution in [3.63, 3.8) is 0 Å². The maximum atomic E-state index is 7.59. The van der Waals surface area contributed by atoms with Gasteiger partial charge in [0.05, 0.1) is 17.7 Å². The Balaban J connectivity index is 1.56. The van der Waals surface area contributed by atoms with Gasteiger partial charge in [0.25, 0.3) is 0 Å². The van der Waals surface area contributed by atoms with Crippen molar-refractivity contribution in [1.82, 2.24) is 14.6 Å². The van der Waals surface area contributed by atoms with Crippen LogP contribution in [0, 0.1) is 11.3 Å². The number of benzene rings is 1. The number of amidine groups is 1. The Labute approximate surface area is 156 Å². The van der Waals surface area contributed by atoms with Crippen molar-refractivity contribution in [2.45, 2.75) is 31.7 Å². The predicted octanol–water partition coefficient (Wildman–Crippen LogP) is 3.96. The molecule has 1 aliphatic carbocycles. The SMILES string of the molecule is N=C(N)[C@H]1CC[C@H](Nc2ccc3ncc(-c4cccc(Cl)c4)n3n2)CC1. The van der Waals surface area contributed by atoms with Crippen molar-refractivity contribution in [3.8, 4) is 11.3 Å². The van der Waals surface area contributed by atoms with E-state index in [0.717, 1.165) is 48.4 Å². The summed E-state index contributed by atoms with van der Waals surface area (Å²) < 4.78 is 1.84. The first-order valence-corrected chi connectivity index (χ1v) is 9.19. The molecule has 1 aromatic carbocycles. The van der Waals surface area contributed by atoms with Gasteiger partial charge < -0.3 is 11.1 Å². The average Bonchev–Trinajstić information content (AvgIpc) is 3.05. The van der Waals surface area contributed by atoms with E-state index in [9.17, 15) is 0 Å². The summed E-state index contributed by atoms with van der Waals surface area (Å²) in [5, 5.41) is 16.5. The molecule has 6 nitrogen and oxygen atoms in total. The van der Waals surface area contributed by atoms with Crippen LogP contribution in [0.4, 0.5) is 5.82 Å². The predicted molar refractivity (Wildman–Crippen MR) is 105 cm³/mol. The number of halogens is 1. The van der Waals surface area contributed by atoms with E-state index >= 15 is 0 Å². The van der Waals surface area contributed by atoms with Crippen molar-refractivity contribution < 1.29 is 0 Å². The van der Waals surface area contributed by atoms with Gasteiger partial charge in [-0.05, 0) is 49.9 Å². The van der Waals surface area contributed by atoms with Gasteiger partial charge in [0.15, 0.2) is 5.65 Å². The minimum Gasteiger partial charge on any atom is -0.387 e. The summed E-state index contributed by atoms with van der Waals surface area (Å²) in [5.41, 5.74) is 8.32. The molecule has 134 valence electrons. The van der Waals surface area contributed by atoms with E-state index in [2.05, 4.69) is 10.3 Å². The summed E-state index contributed by atoms with van der Waals surface area (Å²) in [6.07, 6.45) is 5.71. The molecule has 1 saturated carbocycles. The summed E-state index contributed by atoms with van der Waals surface area (Å²) in [4.78, 5) is 4.43. The van der Waals surface area contributed by atoms with Crippen LogP contribution in [-0.4, -0.2) is 26.5 Å². The van der Waals surface area contributed by atoms with E-state index in [4.69, 9.17) is 27.8 Å².